The molecule has 0 aliphatic carbocycles. The van der Waals surface area contributed by atoms with E-state index in [1.807, 2.05) is 12.1 Å². The van der Waals surface area contributed by atoms with Gasteiger partial charge in [0.05, 0.1) is 17.7 Å². The predicted octanol–water partition coefficient (Wildman–Crippen LogP) is 1.75. The summed E-state index contributed by atoms with van der Waals surface area (Å²) in [6, 6.07) is 8.23. The molecule has 1 aliphatic heterocycles. The van der Waals surface area contributed by atoms with Crippen LogP contribution < -0.4 is 4.90 Å². The van der Waals surface area contributed by atoms with Crippen LogP contribution in [0.5, 0.6) is 0 Å². The fraction of sp³-hybridized carbons (Fsp3) is 0.533. The van der Waals surface area contributed by atoms with Crippen molar-refractivity contribution in [1.82, 2.24) is 4.90 Å². The van der Waals surface area contributed by atoms with Crippen molar-refractivity contribution in [3.05, 3.63) is 29.3 Å². The number of anilines is 1. The number of nitriles is 1. The van der Waals surface area contributed by atoms with Gasteiger partial charge in [0.25, 0.3) is 0 Å². The van der Waals surface area contributed by atoms with E-state index in [1.54, 1.807) is 13.0 Å². The minimum Gasteiger partial charge on any atom is -0.389 e. The van der Waals surface area contributed by atoms with Crippen LogP contribution in [0.15, 0.2) is 18.2 Å². The number of aliphatic hydroxyl groups is 1. The van der Waals surface area contributed by atoms with Crippen molar-refractivity contribution in [2.45, 2.75) is 25.5 Å². The second-order valence-corrected chi connectivity index (χ2v) is 5.41. The SMILES string of the molecule is C[C@@H](O)c1ccc(C#N)cc1N1CCC(N(C)C)C1. The highest BCUT2D eigenvalue weighted by Crippen LogP contribution is 2.30. The Kier molecular flexibility index (Phi) is 4.08. The first-order valence-corrected chi connectivity index (χ1v) is 6.66. The molecular weight excluding hydrogens is 238 g/mol. The van der Waals surface area contributed by atoms with Gasteiger partial charge in [-0.05, 0) is 39.6 Å². The Hall–Kier alpha value is -1.57. The maximum absolute atomic E-state index is 9.88. The van der Waals surface area contributed by atoms with Gasteiger partial charge in [0.1, 0.15) is 0 Å². The van der Waals surface area contributed by atoms with Gasteiger partial charge >= 0.3 is 0 Å². The zero-order chi connectivity index (χ0) is 14.0. The lowest BCUT2D eigenvalue weighted by molar-refractivity contribution is 0.199. The molecule has 0 bridgehead atoms. The number of rotatable bonds is 3. The van der Waals surface area contributed by atoms with E-state index in [0.29, 0.717) is 11.6 Å². The minimum absolute atomic E-state index is 0.513. The Bertz CT molecular complexity index is 491. The molecule has 102 valence electrons. The fourth-order valence-corrected chi connectivity index (χ4v) is 2.62. The van der Waals surface area contributed by atoms with Crippen molar-refractivity contribution >= 4 is 5.69 Å². The van der Waals surface area contributed by atoms with Crippen LogP contribution in [0.4, 0.5) is 5.69 Å². The van der Waals surface area contributed by atoms with E-state index in [2.05, 4.69) is 30.0 Å². The Balaban J connectivity index is 2.31. The van der Waals surface area contributed by atoms with Gasteiger partial charge in [0.15, 0.2) is 0 Å². The molecule has 19 heavy (non-hydrogen) atoms. The van der Waals surface area contributed by atoms with Crippen molar-refractivity contribution in [3.8, 4) is 6.07 Å². The van der Waals surface area contributed by atoms with E-state index < -0.39 is 6.10 Å². The summed E-state index contributed by atoms with van der Waals surface area (Å²) in [5.74, 6) is 0. The van der Waals surface area contributed by atoms with Gasteiger partial charge in [0, 0.05) is 30.4 Å². The molecule has 1 aromatic rings. The van der Waals surface area contributed by atoms with E-state index >= 15 is 0 Å². The third-order valence-electron chi connectivity index (χ3n) is 3.84. The topological polar surface area (TPSA) is 50.5 Å². The standard InChI is InChI=1S/C15H21N3O/c1-11(19)14-5-4-12(9-16)8-15(14)18-7-6-13(10-18)17(2)3/h4-5,8,11,13,19H,6-7,10H2,1-3H3/t11-,13?/m1/s1. The van der Waals surface area contributed by atoms with Crippen LogP contribution in [-0.4, -0.2) is 43.2 Å². The highest BCUT2D eigenvalue weighted by Gasteiger charge is 2.26. The van der Waals surface area contributed by atoms with Crippen molar-refractivity contribution in [2.24, 2.45) is 0 Å². The van der Waals surface area contributed by atoms with Crippen LogP contribution in [0.25, 0.3) is 0 Å². The first kappa shape index (κ1) is 13.9. The lowest BCUT2D eigenvalue weighted by Crippen LogP contribution is -2.31. The minimum atomic E-state index is -0.513. The Labute approximate surface area is 114 Å². The van der Waals surface area contributed by atoms with Gasteiger partial charge in [-0.3, -0.25) is 0 Å². The number of hydrogen-bond acceptors (Lipinski definition) is 4. The van der Waals surface area contributed by atoms with E-state index in [1.165, 1.54) is 0 Å². The summed E-state index contributed by atoms with van der Waals surface area (Å²) < 4.78 is 0. The highest BCUT2D eigenvalue weighted by molar-refractivity contribution is 5.59. The third kappa shape index (κ3) is 2.89. The van der Waals surface area contributed by atoms with Crippen molar-refractivity contribution in [2.75, 3.05) is 32.1 Å². The average Bonchev–Trinajstić information content (AvgIpc) is 2.87. The summed E-state index contributed by atoms with van der Waals surface area (Å²) in [5.41, 5.74) is 2.55. The molecule has 0 saturated carbocycles. The summed E-state index contributed by atoms with van der Waals surface area (Å²) in [4.78, 5) is 4.50. The normalized spacial score (nSPS) is 20.6. The Morgan fingerprint density at radius 3 is 2.74 bits per heavy atom. The van der Waals surface area contributed by atoms with Crippen LogP contribution in [0.2, 0.25) is 0 Å². The van der Waals surface area contributed by atoms with Crippen LogP contribution in [-0.2, 0) is 0 Å². The summed E-state index contributed by atoms with van der Waals surface area (Å²) in [7, 11) is 4.19. The van der Waals surface area contributed by atoms with Gasteiger partial charge < -0.3 is 14.9 Å². The fourth-order valence-electron chi connectivity index (χ4n) is 2.62. The predicted molar refractivity (Wildman–Crippen MR) is 76.1 cm³/mol. The van der Waals surface area contributed by atoms with E-state index in [-0.39, 0.29) is 0 Å². The summed E-state index contributed by atoms with van der Waals surface area (Å²) in [6.07, 6.45) is 0.601. The molecule has 2 rings (SSSR count). The molecule has 0 radical (unpaired) electrons. The van der Waals surface area contributed by atoms with Crippen molar-refractivity contribution < 1.29 is 5.11 Å². The molecule has 1 saturated heterocycles. The second kappa shape index (κ2) is 5.60. The molecule has 1 fully saturated rings. The Morgan fingerprint density at radius 1 is 1.47 bits per heavy atom. The third-order valence-corrected chi connectivity index (χ3v) is 3.84. The summed E-state index contributed by atoms with van der Waals surface area (Å²) in [6.45, 7) is 3.68. The number of nitrogens with zero attached hydrogens (tertiary/aromatic N) is 3. The van der Waals surface area contributed by atoms with Gasteiger partial charge in [-0.2, -0.15) is 5.26 Å². The average molecular weight is 259 g/mol. The lowest BCUT2D eigenvalue weighted by Gasteiger charge is -2.25. The van der Waals surface area contributed by atoms with Crippen LogP contribution in [0.3, 0.4) is 0 Å². The molecule has 1 aliphatic rings. The summed E-state index contributed by atoms with van der Waals surface area (Å²) >= 11 is 0. The molecule has 0 spiro atoms. The molecule has 1 unspecified atom stereocenters. The molecule has 2 atom stereocenters. The maximum atomic E-state index is 9.88. The molecule has 0 amide bonds. The molecule has 1 aromatic carbocycles. The van der Waals surface area contributed by atoms with E-state index in [4.69, 9.17) is 5.26 Å². The van der Waals surface area contributed by atoms with E-state index in [9.17, 15) is 5.11 Å². The van der Waals surface area contributed by atoms with Crippen LogP contribution in [0.1, 0.15) is 30.6 Å². The summed E-state index contributed by atoms with van der Waals surface area (Å²) in [5, 5.41) is 18.9. The van der Waals surface area contributed by atoms with Gasteiger partial charge in [-0.15, -0.1) is 0 Å². The van der Waals surface area contributed by atoms with Gasteiger partial charge in [0.2, 0.25) is 0 Å². The molecule has 4 heteroatoms. The van der Waals surface area contributed by atoms with Gasteiger partial charge in [-0.25, -0.2) is 0 Å². The molecule has 1 N–H and O–H groups in total. The largest absolute Gasteiger partial charge is 0.389 e. The van der Waals surface area contributed by atoms with Crippen LogP contribution in [0, 0.1) is 11.3 Å². The zero-order valence-electron chi connectivity index (χ0n) is 11.8. The number of benzene rings is 1. The Morgan fingerprint density at radius 2 is 2.21 bits per heavy atom. The number of likely N-dealkylation sites (N-methyl/N-ethyl adjacent to an activating group) is 1. The van der Waals surface area contributed by atoms with Crippen molar-refractivity contribution in [3.63, 3.8) is 0 Å². The highest BCUT2D eigenvalue weighted by atomic mass is 16.3. The quantitative estimate of drug-likeness (QED) is 0.898. The molecule has 1 heterocycles. The second-order valence-electron chi connectivity index (χ2n) is 5.41. The van der Waals surface area contributed by atoms with Crippen molar-refractivity contribution in [1.29, 1.82) is 5.26 Å². The van der Waals surface area contributed by atoms with Gasteiger partial charge in [-0.1, -0.05) is 6.07 Å². The van der Waals surface area contributed by atoms with E-state index in [0.717, 1.165) is 30.8 Å². The zero-order valence-corrected chi connectivity index (χ0v) is 11.8. The number of hydrogen-bond donors (Lipinski definition) is 1. The smallest absolute Gasteiger partial charge is 0.0992 e. The molecular formula is C15H21N3O. The number of aliphatic hydroxyl groups excluding tert-OH is 1. The first-order chi connectivity index (χ1) is 9.02. The molecule has 0 aromatic heterocycles. The first-order valence-electron chi connectivity index (χ1n) is 6.66. The maximum Gasteiger partial charge on any atom is 0.0992 e. The van der Waals surface area contributed by atoms with Crippen LogP contribution >= 0.6 is 0 Å². The molecule has 4 nitrogen and oxygen atoms in total. The monoisotopic (exact) mass is 259 g/mol. The lowest BCUT2D eigenvalue weighted by atomic mass is 10.0.